The predicted molar refractivity (Wildman–Crippen MR) is 38.5 cm³/mol. The summed E-state index contributed by atoms with van der Waals surface area (Å²) in [6, 6.07) is 1.76. The molecule has 0 aliphatic rings. The Hall–Kier alpha value is -0.390. The fourth-order valence-corrected chi connectivity index (χ4v) is 0.0527. The van der Waals surface area contributed by atoms with E-state index < -0.39 is 15.8 Å². The van der Waals surface area contributed by atoms with E-state index in [0.717, 1.165) is 0 Å². The molecule has 0 fully saturated rings. The fraction of sp³-hybridized carbons (Fsp3) is 0.667. The maximum Gasteiger partial charge on any atom is 0.394 e. The van der Waals surface area contributed by atoms with Crippen LogP contribution in [-0.2, 0) is 10.4 Å². The van der Waals surface area contributed by atoms with E-state index in [9.17, 15) is 0 Å². The molecule has 1 atom stereocenters. The van der Waals surface area contributed by atoms with Crippen LogP contribution < -0.4 is 5.73 Å². The summed E-state index contributed by atoms with van der Waals surface area (Å²) >= 11 is 5.16. The Morgan fingerprint density at radius 2 is 1.91 bits per heavy atom. The number of nitriles is 1. The Morgan fingerprint density at radius 1 is 1.64 bits per heavy atom. The van der Waals surface area contributed by atoms with Crippen molar-refractivity contribution in [3.05, 3.63) is 0 Å². The highest BCUT2D eigenvalue weighted by molar-refractivity contribution is 7.79. The normalized spacial score (nSPS) is 12.3. The topological polar surface area (TPSA) is 124 Å². The van der Waals surface area contributed by atoms with Crippen LogP contribution in [0.4, 0.5) is 0 Å². The second-order valence-electron chi connectivity index (χ2n) is 1.28. The molecule has 0 bridgehead atoms. The van der Waals surface area contributed by atoms with Crippen LogP contribution in [0.3, 0.4) is 0 Å². The SMILES string of the molecule is N#CC(Cl)CN.O=S(=O)(O)O. The second-order valence-corrected chi connectivity index (χ2v) is 2.70. The summed E-state index contributed by atoms with van der Waals surface area (Å²) < 4.78 is 31.6. The van der Waals surface area contributed by atoms with E-state index in [0.29, 0.717) is 0 Å². The molecule has 0 rings (SSSR count). The molecule has 8 heteroatoms. The van der Waals surface area contributed by atoms with Crippen molar-refractivity contribution in [2.45, 2.75) is 5.38 Å². The Kier molecular flexibility index (Phi) is 7.60. The van der Waals surface area contributed by atoms with Gasteiger partial charge < -0.3 is 5.73 Å². The minimum absolute atomic E-state index is 0.234. The maximum absolute atomic E-state index is 8.74. The number of hydrogen-bond acceptors (Lipinski definition) is 4. The zero-order valence-corrected chi connectivity index (χ0v) is 6.88. The largest absolute Gasteiger partial charge is 0.394 e. The summed E-state index contributed by atoms with van der Waals surface area (Å²) in [4.78, 5) is 0. The summed E-state index contributed by atoms with van der Waals surface area (Å²) in [5.41, 5.74) is 4.93. The van der Waals surface area contributed by atoms with E-state index in [1.54, 1.807) is 6.07 Å². The summed E-state index contributed by atoms with van der Waals surface area (Å²) in [5.74, 6) is 0. The molecule has 0 spiro atoms. The van der Waals surface area contributed by atoms with Crippen LogP contribution >= 0.6 is 11.6 Å². The van der Waals surface area contributed by atoms with Crippen molar-refractivity contribution < 1.29 is 17.5 Å². The maximum atomic E-state index is 8.74. The number of rotatable bonds is 1. The molecular formula is C3H7ClN2O4S. The first-order valence-electron chi connectivity index (χ1n) is 2.25. The minimum Gasteiger partial charge on any atom is -0.328 e. The van der Waals surface area contributed by atoms with Gasteiger partial charge in [0.2, 0.25) is 0 Å². The van der Waals surface area contributed by atoms with E-state index in [4.69, 9.17) is 40.1 Å². The van der Waals surface area contributed by atoms with Crippen molar-refractivity contribution >= 4 is 22.0 Å². The quantitative estimate of drug-likeness (QED) is 0.386. The van der Waals surface area contributed by atoms with Crippen LogP contribution in [0.15, 0.2) is 0 Å². The number of nitrogens with zero attached hydrogens (tertiary/aromatic N) is 1. The third kappa shape index (κ3) is 42.7. The fourth-order valence-electron chi connectivity index (χ4n) is 0.0527. The molecule has 0 radical (unpaired) electrons. The van der Waals surface area contributed by atoms with Gasteiger partial charge in [-0.15, -0.1) is 11.6 Å². The third-order valence-electron chi connectivity index (χ3n) is 0.347. The highest BCUT2D eigenvalue weighted by Gasteiger charge is 1.92. The molecule has 0 amide bonds. The Morgan fingerprint density at radius 3 is 1.91 bits per heavy atom. The zero-order valence-electron chi connectivity index (χ0n) is 5.31. The van der Waals surface area contributed by atoms with Crippen molar-refractivity contribution in [2.24, 2.45) is 5.73 Å². The molecule has 1 unspecified atom stereocenters. The van der Waals surface area contributed by atoms with Gasteiger partial charge in [-0.3, -0.25) is 9.11 Å². The molecule has 0 aliphatic heterocycles. The minimum atomic E-state index is -4.67. The van der Waals surface area contributed by atoms with Crippen LogP contribution in [0, 0.1) is 11.3 Å². The molecule has 0 aromatic rings. The van der Waals surface area contributed by atoms with Gasteiger partial charge in [0.25, 0.3) is 0 Å². The van der Waals surface area contributed by atoms with Crippen molar-refractivity contribution in [2.75, 3.05) is 6.54 Å². The van der Waals surface area contributed by atoms with E-state index in [-0.39, 0.29) is 6.54 Å². The summed E-state index contributed by atoms with van der Waals surface area (Å²) in [6.45, 7) is 0.234. The van der Waals surface area contributed by atoms with Gasteiger partial charge in [-0.05, 0) is 0 Å². The first-order chi connectivity index (χ1) is 4.81. The van der Waals surface area contributed by atoms with Gasteiger partial charge in [-0.1, -0.05) is 0 Å². The molecule has 0 saturated heterocycles. The Labute approximate surface area is 69.1 Å². The first-order valence-corrected chi connectivity index (χ1v) is 4.08. The van der Waals surface area contributed by atoms with Crippen LogP contribution in [0.5, 0.6) is 0 Å². The summed E-state index contributed by atoms with van der Waals surface area (Å²) in [6.07, 6.45) is 0. The molecular weight excluding hydrogens is 196 g/mol. The lowest BCUT2D eigenvalue weighted by Gasteiger charge is -1.85. The number of nitrogens with two attached hydrogens (primary N) is 1. The number of halogens is 1. The van der Waals surface area contributed by atoms with Gasteiger partial charge in [0.1, 0.15) is 5.38 Å². The molecule has 4 N–H and O–H groups in total. The lowest BCUT2D eigenvalue weighted by molar-refractivity contribution is 0.381. The van der Waals surface area contributed by atoms with Crippen LogP contribution in [0.2, 0.25) is 0 Å². The molecule has 0 aromatic carbocycles. The standard InChI is InChI=1S/C3H5ClN2.H2O4S/c4-3(1-5)2-6;1-5(2,3)4/h3H,1,5H2;(H2,1,2,3,4). The van der Waals surface area contributed by atoms with Gasteiger partial charge in [-0.25, -0.2) is 0 Å². The molecule has 0 aromatic heterocycles. The Balaban J connectivity index is 0. The number of hydrogen-bond donors (Lipinski definition) is 3. The van der Waals surface area contributed by atoms with E-state index >= 15 is 0 Å². The van der Waals surface area contributed by atoms with Gasteiger partial charge >= 0.3 is 10.4 Å². The van der Waals surface area contributed by atoms with E-state index in [1.807, 2.05) is 0 Å². The molecule has 6 nitrogen and oxygen atoms in total. The average Bonchev–Trinajstić information content (AvgIpc) is 1.83. The van der Waals surface area contributed by atoms with Gasteiger partial charge in [0.15, 0.2) is 0 Å². The molecule has 66 valence electrons. The van der Waals surface area contributed by atoms with E-state index in [1.165, 1.54) is 0 Å². The van der Waals surface area contributed by atoms with Crippen molar-refractivity contribution in [1.82, 2.24) is 0 Å². The molecule has 0 saturated carbocycles. The van der Waals surface area contributed by atoms with Crippen molar-refractivity contribution in [3.8, 4) is 6.07 Å². The third-order valence-corrected chi connectivity index (χ3v) is 0.623. The zero-order chi connectivity index (χ0) is 9.49. The second kappa shape index (κ2) is 6.33. The molecule has 11 heavy (non-hydrogen) atoms. The Bertz CT molecular complexity index is 212. The lowest BCUT2D eigenvalue weighted by Crippen LogP contribution is -2.10. The van der Waals surface area contributed by atoms with Crippen LogP contribution in [-0.4, -0.2) is 29.4 Å². The highest BCUT2D eigenvalue weighted by atomic mass is 35.5. The lowest BCUT2D eigenvalue weighted by atomic mass is 10.5. The van der Waals surface area contributed by atoms with Gasteiger partial charge in [0.05, 0.1) is 6.07 Å². The smallest absolute Gasteiger partial charge is 0.328 e. The predicted octanol–water partition coefficient (Wildman–Crippen LogP) is -0.577. The first kappa shape index (κ1) is 13.2. The van der Waals surface area contributed by atoms with Gasteiger partial charge in [0, 0.05) is 6.54 Å². The summed E-state index contributed by atoms with van der Waals surface area (Å²) in [5, 5.41) is 7.36. The van der Waals surface area contributed by atoms with Crippen LogP contribution in [0.1, 0.15) is 0 Å². The number of alkyl halides is 1. The molecule has 0 heterocycles. The van der Waals surface area contributed by atoms with E-state index in [2.05, 4.69) is 0 Å². The van der Waals surface area contributed by atoms with Crippen LogP contribution in [0.25, 0.3) is 0 Å². The molecule has 0 aliphatic carbocycles. The average molecular weight is 203 g/mol. The van der Waals surface area contributed by atoms with Crippen molar-refractivity contribution in [3.63, 3.8) is 0 Å². The highest BCUT2D eigenvalue weighted by Crippen LogP contribution is 1.85. The van der Waals surface area contributed by atoms with Crippen molar-refractivity contribution in [1.29, 1.82) is 5.26 Å². The monoisotopic (exact) mass is 202 g/mol. The van der Waals surface area contributed by atoms with Gasteiger partial charge in [-0.2, -0.15) is 13.7 Å². The summed E-state index contributed by atoms with van der Waals surface area (Å²) in [7, 11) is -4.67.